The fourth-order valence-electron chi connectivity index (χ4n) is 2.43. The molecule has 22 heavy (non-hydrogen) atoms. The average Bonchev–Trinajstić information content (AvgIpc) is 2.54. The normalized spacial score (nSPS) is 16.1. The summed E-state index contributed by atoms with van der Waals surface area (Å²) in [5, 5.41) is 5.48. The molecule has 0 atom stereocenters. The lowest BCUT2D eigenvalue weighted by molar-refractivity contribution is -0.121. The van der Waals surface area contributed by atoms with E-state index < -0.39 is 5.91 Å². The second kappa shape index (κ2) is 8.53. The van der Waals surface area contributed by atoms with Gasteiger partial charge < -0.3 is 5.32 Å². The zero-order valence-corrected chi connectivity index (χ0v) is 13.4. The van der Waals surface area contributed by atoms with E-state index in [0.717, 1.165) is 12.8 Å². The standard InChI is InChI=1S/C15H20N4O2S/c1-22-13(14(21)17-10-20)9-12-7-8-16-15(19-12)18-11-5-3-2-4-6-11/h7-11H,2-6H2,1H3,(H,16,18,19)(H,17,20,21)/b13-9-. The van der Waals surface area contributed by atoms with Gasteiger partial charge in [-0.3, -0.25) is 14.9 Å². The molecule has 2 amide bonds. The van der Waals surface area contributed by atoms with Gasteiger partial charge in [0.15, 0.2) is 0 Å². The van der Waals surface area contributed by atoms with Crippen molar-refractivity contribution in [1.29, 1.82) is 0 Å². The van der Waals surface area contributed by atoms with Gasteiger partial charge in [-0.05, 0) is 31.2 Å². The van der Waals surface area contributed by atoms with E-state index in [9.17, 15) is 9.59 Å². The first-order chi connectivity index (χ1) is 10.7. The van der Waals surface area contributed by atoms with E-state index in [0.29, 0.717) is 29.0 Å². The van der Waals surface area contributed by atoms with Crippen molar-refractivity contribution < 1.29 is 9.59 Å². The number of rotatable bonds is 6. The molecule has 0 aliphatic heterocycles. The molecule has 1 aliphatic carbocycles. The summed E-state index contributed by atoms with van der Waals surface area (Å²) in [5.41, 5.74) is 0.638. The highest BCUT2D eigenvalue weighted by Crippen LogP contribution is 2.21. The Morgan fingerprint density at radius 3 is 2.82 bits per heavy atom. The molecule has 1 saturated carbocycles. The minimum atomic E-state index is -0.428. The number of anilines is 1. The minimum Gasteiger partial charge on any atom is -0.351 e. The van der Waals surface area contributed by atoms with Crippen LogP contribution in [-0.4, -0.2) is 34.6 Å². The number of aromatic nitrogens is 2. The fourth-order valence-corrected chi connectivity index (χ4v) is 2.91. The van der Waals surface area contributed by atoms with Crippen LogP contribution >= 0.6 is 11.8 Å². The van der Waals surface area contributed by atoms with Crippen molar-refractivity contribution in [3.63, 3.8) is 0 Å². The maximum Gasteiger partial charge on any atom is 0.264 e. The van der Waals surface area contributed by atoms with E-state index >= 15 is 0 Å². The number of imide groups is 1. The van der Waals surface area contributed by atoms with Crippen LogP contribution in [0.4, 0.5) is 5.95 Å². The number of carbonyl (C=O) groups is 2. The molecule has 1 heterocycles. The summed E-state index contributed by atoms with van der Waals surface area (Å²) in [4.78, 5) is 31.1. The summed E-state index contributed by atoms with van der Waals surface area (Å²) in [7, 11) is 0. The molecule has 0 aromatic carbocycles. The average molecular weight is 320 g/mol. The Hall–Kier alpha value is -1.89. The highest BCUT2D eigenvalue weighted by molar-refractivity contribution is 8.03. The van der Waals surface area contributed by atoms with E-state index in [2.05, 4.69) is 20.6 Å². The largest absolute Gasteiger partial charge is 0.351 e. The van der Waals surface area contributed by atoms with Gasteiger partial charge in [-0.25, -0.2) is 9.97 Å². The number of nitrogens with one attached hydrogen (secondary N) is 2. The Bertz CT molecular complexity index is 556. The van der Waals surface area contributed by atoms with Gasteiger partial charge in [-0.2, -0.15) is 0 Å². The van der Waals surface area contributed by atoms with Crippen molar-refractivity contribution in [3.8, 4) is 0 Å². The maximum atomic E-state index is 11.7. The molecule has 118 valence electrons. The molecule has 2 N–H and O–H groups in total. The molecule has 1 fully saturated rings. The lowest BCUT2D eigenvalue weighted by atomic mass is 9.96. The van der Waals surface area contributed by atoms with E-state index in [1.54, 1.807) is 24.6 Å². The third-order valence-corrected chi connectivity index (χ3v) is 4.27. The topological polar surface area (TPSA) is 84.0 Å². The van der Waals surface area contributed by atoms with Gasteiger partial charge in [0.05, 0.1) is 10.6 Å². The summed E-state index contributed by atoms with van der Waals surface area (Å²) in [5.74, 6) is 0.153. The molecule has 1 aromatic heterocycles. The second-order valence-corrected chi connectivity index (χ2v) is 5.94. The molecule has 0 bridgehead atoms. The predicted molar refractivity (Wildman–Crippen MR) is 88.2 cm³/mol. The van der Waals surface area contributed by atoms with Gasteiger partial charge in [0.25, 0.3) is 5.91 Å². The van der Waals surface area contributed by atoms with Crippen LogP contribution in [0.3, 0.4) is 0 Å². The number of amides is 2. The summed E-state index contributed by atoms with van der Waals surface area (Å²) >= 11 is 1.26. The lowest BCUT2D eigenvalue weighted by Crippen LogP contribution is -2.23. The fraction of sp³-hybridized carbons (Fsp3) is 0.467. The van der Waals surface area contributed by atoms with Crippen LogP contribution in [0, 0.1) is 0 Å². The molecule has 0 radical (unpaired) electrons. The van der Waals surface area contributed by atoms with Gasteiger partial charge in [0.1, 0.15) is 0 Å². The van der Waals surface area contributed by atoms with Gasteiger partial charge in [0, 0.05) is 12.2 Å². The number of hydrogen-bond donors (Lipinski definition) is 2. The lowest BCUT2D eigenvalue weighted by Gasteiger charge is -2.22. The molecule has 1 aromatic rings. The molecule has 0 unspecified atom stereocenters. The van der Waals surface area contributed by atoms with E-state index in [1.165, 1.54) is 31.0 Å². The van der Waals surface area contributed by atoms with Crippen LogP contribution in [-0.2, 0) is 9.59 Å². The highest BCUT2D eigenvalue weighted by atomic mass is 32.2. The first-order valence-electron chi connectivity index (χ1n) is 7.32. The Labute approximate surface area is 134 Å². The van der Waals surface area contributed by atoms with Crippen molar-refractivity contribution in [3.05, 3.63) is 22.9 Å². The van der Waals surface area contributed by atoms with Crippen LogP contribution in [0.1, 0.15) is 37.8 Å². The molecular weight excluding hydrogens is 300 g/mol. The predicted octanol–water partition coefficient (Wildman–Crippen LogP) is 2.20. The van der Waals surface area contributed by atoms with Crippen LogP contribution in [0.15, 0.2) is 17.2 Å². The Kier molecular flexibility index (Phi) is 6.39. The van der Waals surface area contributed by atoms with Crippen molar-refractivity contribution in [2.75, 3.05) is 11.6 Å². The number of hydrogen-bond acceptors (Lipinski definition) is 6. The maximum absolute atomic E-state index is 11.7. The van der Waals surface area contributed by atoms with Crippen molar-refractivity contribution in [2.45, 2.75) is 38.1 Å². The number of carbonyl (C=O) groups excluding carboxylic acids is 2. The monoisotopic (exact) mass is 320 g/mol. The van der Waals surface area contributed by atoms with Crippen LogP contribution in [0.2, 0.25) is 0 Å². The van der Waals surface area contributed by atoms with Gasteiger partial charge in [0.2, 0.25) is 12.4 Å². The van der Waals surface area contributed by atoms with E-state index in [4.69, 9.17) is 0 Å². The second-order valence-electron chi connectivity index (χ2n) is 5.09. The Balaban J connectivity index is 2.09. The first-order valence-corrected chi connectivity index (χ1v) is 8.55. The quantitative estimate of drug-likeness (QED) is 0.617. The summed E-state index contributed by atoms with van der Waals surface area (Å²) in [6, 6.07) is 2.16. The molecule has 6 nitrogen and oxygen atoms in total. The van der Waals surface area contributed by atoms with E-state index in [1.807, 2.05) is 0 Å². The van der Waals surface area contributed by atoms with Gasteiger partial charge >= 0.3 is 0 Å². The van der Waals surface area contributed by atoms with Crippen molar-refractivity contribution in [2.24, 2.45) is 0 Å². The number of nitrogens with zero attached hydrogens (tertiary/aromatic N) is 2. The molecule has 7 heteroatoms. The van der Waals surface area contributed by atoms with Crippen LogP contribution in [0.25, 0.3) is 6.08 Å². The molecule has 2 rings (SSSR count). The third kappa shape index (κ3) is 4.84. The van der Waals surface area contributed by atoms with Crippen molar-refractivity contribution >= 4 is 36.1 Å². The van der Waals surface area contributed by atoms with E-state index in [-0.39, 0.29) is 0 Å². The minimum absolute atomic E-state index is 0.377. The smallest absolute Gasteiger partial charge is 0.264 e. The highest BCUT2D eigenvalue weighted by Gasteiger charge is 2.14. The SMILES string of the molecule is CS/C(=C\c1ccnc(NC2CCCCC2)n1)C(=O)NC=O. The zero-order valence-electron chi connectivity index (χ0n) is 12.5. The zero-order chi connectivity index (χ0) is 15.8. The summed E-state index contributed by atoms with van der Waals surface area (Å²) in [6.45, 7) is 0. The molecule has 1 aliphatic rings. The van der Waals surface area contributed by atoms with Crippen LogP contribution in [0.5, 0.6) is 0 Å². The van der Waals surface area contributed by atoms with Crippen molar-refractivity contribution in [1.82, 2.24) is 15.3 Å². The van der Waals surface area contributed by atoms with Crippen LogP contribution < -0.4 is 10.6 Å². The molecular formula is C15H20N4O2S. The summed E-state index contributed by atoms with van der Waals surface area (Å²) < 4.78 is 0. The van der Waals surface area contributed by atoms with Gasteiger partial charge in [-0.1, -0.05) is 19.3 Å². The Morgan fingerprint density at radius 1 is 1.36 bits per heavy atom. The first kappa shape index (κ1) is 16.5. The molecule has 0 saturated heterocycles. The molecule has 0 spiro atoms. The third-order valence-electron chi connectivity index (χ3n) is 3.53. The summed E-state index contributed by atoms with van der Waals surface area (Å²) in [6.07, 6.45) is 11.5. The Morgan fingerprint density at radius 2 is 2.14 bits per heavy atom. The number of thioether (sulfide) groups is 1. The van der Waals surface area contributed by atoms with Gasteiger partial charge in [-0.15, -0.1) is 11.8 Å².